The van der Waals surface area contributed by atoms with E-state index in [9.17, 15) is 9.59 Å². The van der Waals surface area contributed by atoms with Crippen LogP contribution in [-0.2, 0) is 24.5 Å². The fourth-order valence-corrected chi connectivity index (χ4v) is 3.32. The Morgan fingerprint density at radius 2 is 1.67 bits per heavy atom. The van der Waals surface area contributed by atoms with E-state index < -0.39 is 5.60 Å². The molecule has 150 valence electrons. The molecule has 0 saturated carbocycles. The first kappa shape index (κ1) is 23.3. The molecule has 1 aromatic carbocycles. The van der Waals surface area contributed by atoms with Gasteiger partial charge in [-0.05, 0) is 50.3 Å². The number of esters is 2. The third-order valence-corrected chi connectivity index (χ3v) is 4.96. The van der Waals surface area contributed by atoms with Crippen molar-refractivity contribution in [2.75, 3.05) is 7.11 Å². The van der Waals surface area contributed by atoms with Crippen molar-refractivity contribution in [2.45, 2.75) is 75.5 Å². The SMILES string of the molecule is COC(=O)CC[C@H](/C=C/C(=O)OC(C)(C)C)Sc1ccc(C(C)(C)C)cc1. The van der Waals surface area contributed by atoms with Gasteiger partial charge in [-0.15, -0.1) is 11.8 Å². The second-order valence-corrected chi connectivity index (χ2v) is 9.75. The van der Waals surface area contributed by atoms with E-state index in [0.717, 1.165) is 4.90 Å². The molecule has 0 aliphatic carbocycles. The Labute approximate surface area is 167 Å². The van der Waals surface area contributed by atoms with Crippen molar-refractivity contribution in [3.05, 3.63) is 42.0 Å². The Kier molecular flexibility index (Phi) is 8.60. The summed E-state index contributed by atoms with van der Waals surface area (Å²) in [4.78, 5) is 24.5. The largest absolute Gasteiger partial charge is 0.469 e. The lowest BCUT2D eigenvalue weighted by Crippen LogP contribution is -2.22. The maximum atomic E-state index is 12.0. The van der Waals surface area contributed by atoms with Crippen LogP contribution in [0, 0.1) is 0 Å². The van der Waals surface area contributed by atoms with Crippen LogP contribution in [-0.4, -0.2) is 29.9 Å². The van der Waals surface area contributed by atoms with Gasteiger partial charge in [-0.3, -0.25) is 4.79 Å². The lowest BCUT2D eigenvalue weighted by molar-refractivity contribution is -0.148. The molecule has 0 aromatic heterocycles. The van der Waals surface area contributed by atoms with Crippen LogP contribution in [0.2, 0.25) is 0 Å². The molecule has 1 atom stereocenters. The highest BCUT2D eigenvalue weighted by Crippen LogP contribution is 2.30. The molecule has 0 unspecified atom stereocenters. The van der Waals surface area contributed by atoms with Crippen molar-refractivity contribution >= 4 is 23.7 Å². The predicted octanol–water partition coefficient (Wildman–Crippen LogP) is 5.30. The standard InChI is InChI=1S/C22H32O4S/c1-21(2,3)16-8-10-17(11-9-16)27-18(12-14-19(23)25-7)13-15-20(24)26-22(4,5)6/h8-11,13,15,18H,12,14H2,1-7H3/b15-13+/t18-/m1/s1. The number of carbonyl (C=O) groups excluding carboxylic acids is 2. The smallest absolute Gasteiger partial charge is 0.330 e. The monoisotopic (exact) mass is 392 g/mol. The van der Waals surface area contributed by atoms with Gasteiger partial charge >= 0.3 is 11.9 Å². The first-order valence-corrected chi connectivity index (χ1v) is 10.0. The van der Waals surface area contributed by atoms with Crippen LogP contribution >= 0.6 is 11.8 Å². The highest BCUT2D eigenvalue weighted by molar-refractivity contribution is 8.00. The summed E-state index contributed by atoms with van der Waals surface area (Å²) >= 11 is 1.62. The number of rotatable bonds is 7. The van der Waals surface area contributed by atoms with E-state index in [4.69, 9.17) is 9.47 Å². The van der Waals surface area contributed by atoms with E-state index in [1.165, 1.54) is 18.7 Å². The number of benzene rings is 1. The van der Waals surface area contributed by atoms with Crippen molar-refractivity contribution < 1.29 is 19.1 Å². The fourth-order valence-electron chi connectivity index (χ4n) is 2.29. The van der Waals surface area contributed by atoms with Gasteiger partial charge in [0.2, 0.25) is 0 Å². The number of hydrogen-bond donors (Lipinski definition) is 0. The number of carbonyl (C=O) groups is 2. The summed E-state index contributed by atoms with van der Waals surface area (Å²) in [6.45, 7) is 12.0. The summed E-state index contributed by atoms with van der Waals surface area (Å²) in [5.41, 5.74) is 0.838. The average molecular weight is 393 g/mol. The van der Waals surface area contributed by atoms with Crippen molar-refractivity contribution in [1.82, 2.24) is 0 Å². The summed E-state index contributed by atoms with van der Waals surface area (Å²) in [5, 5.41) is -0.0305. The molecule has 5 heteroatoms. The first-order valence-electron chi connectivity index (χ1n) is 9.16. The maximum absolute atomic E-state index is 12.0. The third-order valence-electron chi connectivity index (χ3n) is 3.72. The second-order valence-electron chi connectivity index (χ2n) is 8.44. The Morgan fingerprint density at radius 1 is 1.07 bits per heavy atom. The van der Waals surface area contributed by atoms with Gasteiger partial charge in [-0.2, -0.15) is 0 Å². The fraction of sp³-hybridized carbons (Fsp3) is 0.545. The van der Waals surface area contributed by atoms with Crippen LogP contribution in [0.1, 0.15) is 59.9 Å². The predicted molar refractivity (Wildman–Crippen MR) is 111 cm³/mol. The molecule has 0 aliphatic heterocycles. The van der Waals surface area contributed by atoms with Gasteiger partial charge in [0.1, 0.15) is 5.60 Å². The lowest BCUT2D eigenvalue weighted by atomic mass is 9.87. The van der Waals surface area contributed by atoms with Gasteiger partial charge in [-0.25, -0.2) is 4.79 Å². The zero-order valence-corrected chi connectivity index (χ0v) is 18.3. The number of methoxy groups -OCH3 is 1. The van der Waals surface area contributed by atoms with Gasteiger partial charge in [-0.1, -0.05) is 39.0 Å². The third kappa shape index (κ3) is 9.66. The van der Waals surface area contributed by atoms with Crippen LogP contribution in [0.5, 0.6) is 0 Å². The Hall–Kier alpha value is -1.75. The van der Waals surface area contributed by atoms with Crippen LogP contribution in [0.4, 0.5) is 0 Å². The van der Waals surface area contributed by atoms with Crippen molar-refractivity contribution in [3.63, 3.8) is 0 Å². The minimum atomic E-state index is -0.529. The number of ether oxygens (including phenoxy) is 2. The zero-order chi connectivity index (χ0) is 20.7. The first-order chi connectivity index (χ1) is 12.4. The molecule has 0 N–H and O–H groups in total. The zero-order valence-electron chi connectivity index (χ0n) is 17.5. The molecule has 0 radical (unpaired) electrons. The van der Waals surface area contributed by atoms with Crippen molar-refractivity contribution in [3.8, 4) is 0 Å². The molecule has 0 spiro atoms. The van der Waals surface area contributed by atoms with E-state index in [2.05, 4.69) is 45.0 Å². The van der Waals surface area contributed by atoms with E-state index in [0.29, 0.717) is 12.8 Å². The second kappa shape index (κ2) is 9.98. The van der Waals surface area contributed by atoms with Crippen LogP contribution in [0.15, 0.2) is 41.3 Å². The van der Waals surface area contributed by atoms with Gasteiger partial charge in [0.25, 0.3) is 0 Å². The molecule has 1 rings (SSSR count). The molecule has 0 heterocycles. The average Bonchev–Trinajstić information content (AvgIpc) is 2.55. The number of thioether (sulfide) groups is 1. The van der Waals surface area contributed by atoms with Crippen LogP contribution < -0.4 is 0 Å². The molecular formula is C22H32O4S. The Balaban J connectivity index is 2.84. The minimum Gasteiger partial charge on any atom is -0.469 e. The van der Waals surface area contributed by atoms with Crippen molar-refractivity contribution in [2.24, 2.45) is 0 Å². The van der Waals surface area contributed by atoms with Crippen LogP contribution in [0.25, 0.3) is 0 Å². The van der Waals surface area contributed by atoms with Gasteiger partial charge in [0.15, 0.2) is 0 Å². The number of hydrogen-bond acceptors (Lipinski definition) is 5. The summed E-state index contributed by atoms with van der Waals surface area (Å²) < 4.78 is 10.0. The van der Waals surface area contributed by atoms with E-state index in [-0.39, 0.29) is 22.6 Å². The minimum absolute atomic E-state index is 0.0305. The molecule has 27 heavy (non-hydrogen) atoms. The summed E-state index contributed by atoms with van der Waals surface area (Å²) in [7, 11) is 1.38. The normalized spacial score (nSPS) is 13.4. The van der Waals surface area contributed by atoms with Crippen molar-refractivity contribution in [1.29, 1.82) is 0 Å². The quantitative estimate of drug-likeness (QED) is 0.358. The van der Waals surface area contributed by atoms with E-state index >= 15 is 0 Å². The summed E-state index contributed by atoms with van der Waals surface area (Å²) in [6.07, 6.45) is 4.13. The molecule has 0 saturated heterocycles. The molecule has 0 fully saturated rings. The molecule has 1 aromatic rings. The molecule has 0 aliphatic rings. The highest BCUT2D eigenvalue weighted by Gasteiger charge is 2.17. The molecule has 0 bridgehead atoms. The Morgan fingerprint density at radius 3 is 2.15 bits per heavy atom. The Bertz CT molecular complexity index is 648. The van der Waals surface area contributed by atoms with Gasteiger partial charge in [0.05, 0.1) is 7.11 Å². The summed E-state index contributed by atoms with van der Waals surface area (Å²) in [6, 6.07) is 8.41. The molecule has 0 amide bonds. The summed E-state index contributed by atoms with van der Waals surface area (Å²) in [5.74, 6) is -0.636. The topological polar surface area (TPSA) is 52.6 Å². The van der Waals surface area contributed by atoms with E-state index in [1.807, 2.05) is 20.8 Å². The maximum Gasteiger partial charge on any atom is 0.330 e. The molecule has 4 nitrogen and oxygen atoms in total. The van der Waals surface area contributed by atoms with Gasteiger partial charge in [0, 0.05) is 22.6 Å². The van der Waals surface area contributed by atoms with Crippen LogP contribution in [0.3, 0.4) is 0 Å². The highest BCUT2D eigenvalue weighted by atomic mass is 32.2. The molecular weight excluding hydrogens is 360 g/mol. The van der Waals surface area contributed by atoms with Gasteiger partial charge < -0.3 is 9.47 Å². The lowest BCUT2D eigenvalue weighted by Gasteiger charge is -2.20. The van der Waals surface area contributed by atoms with E-state index in [1.54, 1.807) is 17.8 Å².